The normalized spacial score (nSPS) is 12.4. The summed E-state index contributed by atoms with van der Waals surface area (Å²) in [5.41, 5.74) is 5.96. The molecule has 0 unspecified atom stereocenters. The highest BCUT2D eigenvalue weighted by Gasteiger charge is 2.30. The molecule has 0 atom stereocenters. The second-order valence-corrected chi connectivity index (χ2v) is 6.37. The molecule has 0 aliphatic carbocycles. The van der Waals surface area contributed by atoms with Gasteiger partial charge in [-0.25, -0.2) is 0 Å². The van der Waals surface area contributed by atoms with Gasteiger partial charge < -0.3 is 15.3 Å². The maximum absolute atomic E-state index is 12.7. The Morgan fingerprint density at radius 3 is 2.22 bits per heavy atom. The van der Waals surface area contributed by atoms with E-state index in [2.05, 4.69) is 12.1 Å². The molecule has 0 amide bonds. The van der Waals surface area contributed by atoms with Crippen LogP contribution in [0.4, 0.5) is 13.2 Å². The summed E-state index contributed by atoms with van der Waals surface area (Å²) in [6, 6.07) is 4.98. The van der Waals surface area contributed by atoms with Crippen molar-refractivity contribution < 1.29 is 22.7 Å². The first kappa shape index (κ1) is 23.4. The summed E-state index contributed by atoms with van der Waals surface area (Å²) in [5.74, 6) is 0. The molecule has 0 aromatic heterocycles. The van der Waals surface area contributed by atoms with Crippen LogP contribution in [0.5, 0.6) is 0 Å². The number of halogens is 3. The van der Waals surface area contributed by atoms with Crippen molar-refractivity contribution in [1.29, 1.82) is 0 Å². The van der Waals surface area contributed by atoms with Crippen LogP contribution in [-0.4, -0.2) is 32.1 Å². The summed E-state index contributed by atoms with van der Waals surface area (Å²) in [5, 5.41) is 4.06. The van der Waals surface area contributed by atoms with Gasteiger partial charge in [-0.2, -0.15) is 13.2 Å². The highest BCUT2D eigenvalue weighted by Crippen LogP contribution is 2.29. The molecule has 0 saturated heterocycles. The van der Waals surface area contributed by atoms with Gasteiger partial charge in [-0.05, 0) is 43.4 Å². The van der Waals surface area contributed by atoms with Crippen LogP contribution >= 0.6 is 0 Å². The summed E-state index contributed by atoms with van der Waals surface area (Å²) in [6.07, 6.45) is 2.66. The third-order valence-corrected chi connectivity index (χ3v) is 4.02. The van der Waals surface area contributed by atoms with Crippen molar-refractivity contribution in [3.05, 3.63) is 35.4 Å². The fourth-order valence-electron chi connectivity index (χ4n) is 2.50. The molecule has 7 heteroatoms. The number of rotatable bonds is 14. The number of hydrogen-bond donors (Lipinski definition) is 1. The third kappa shape index (κ3) is 10.3. The summed E-state index contributed by atoms with van der Waals surface area (Å²) < 4.78 is 43.7. The lowest BCUT2D eigenvalue weighted by molar-refractivity contribution is -0.137. The highest BCUT2D eigenvalue weighted by molar-refractivity contribution is 6.00. The summed E-state index contributed by atoms with van der Waals surface area (Å²) in [7, 11) is 0. The predicted octanol–water partition coefficient (Wildman–Crippen LogP) is 5.15. The van der Waals surface area contributed by atoms with Crippen LogP contribution in [-0.2, 0) is 15.8 Å². The van der Waals surface area contributed by atoms with Crippen LogP contribution in [0, 0.1) is 0 Å². The first-order chi connectivity index (χ1) is 13.0. The Balaban J connectivity index is 2.47. The standard InChI is InChI=1S/C20H31F3N2O2/c1-2-3-4-6-14-26-15-7-5-8-19(25-27-16-13-24)17-9-11-18(12-10-17)20(21,22)23/h9-12H,2-8,13-16,24H2,1H3. The van der Waals surface area contributed by atoms with Crippen molar-refractivity contribution in [3.63, 3.8) is 0 Å². The Morgan fingerprint density at radius 1 is 0.963 bits per heavy atom. The summed E-state index contributed by atoms with van der Waals surface area (Å²) >= 11 is 0. The second-order valence-electron chi connectivity index (χ2n) is 6.37. The molecule has 154 valence electrons. The van der Waals surface area contributed by atoms with E-state index in [1.165, 1.54) is 31.4 Å². The summed E-state index contributed by atoms with van der Waals surface area (Å²) in [4.78, 5) is 5.14. The molecule has 0 aliphatic heterocycles. The van der Waals surface area contributed by atoms with E-state index in [-0.39, 0.29) is 6.61 Å². The van der Waals surface area contributed by atoms with E-state index in [1.54, 1.807) is 0 Å². The van der Waals surface area contributed by atoms with E-state index in [9.17, 15) is 13.2 Å². The van der Waals surface area contributed by atoms with Gasteiger partial charge in [0.05, 0.1) is 11.3 Å². The summed E-state index contributed by atoms with van der Waals surface area (Å²) in [6.45, 7) is 4.23. The van der Waals surface area contributed by atoms with E-state index in [0.717, 1.165) is 38.0 Å². The first-order valence-corrected chi connectivity index (χ1v) is 9.63. The van der Waals surface area contributed by atoms with Gasteiger partial charge in [-0.15, -0.1) is 0 Å². The molecule has 27 heavy (non-hydrogen) atoms. The Labute approximate surface area is 159 Å². The van der Waals surface area contributed by atoms with Gasteiger partial charge in [0.25, 0.3) is 0 Å². The van der Waals surface area contributed by atoms with Crippen molar-refractivity contribution in [1.82, 2.24) is 0 Å². The largest absolute Gasteiger partial charge is 0.416 e. The number of hydrogen-bond acceptors (Lipinski definition) is 4. The van der Waals surface area contributed by atoms with Gasteiger partial charge >= 0.3 is 6.18 Å². The molecule has 1 rings (SSSR count). The first-order valence-electron chi connectivity index (χ1n) is 9.63. The number of nitrogens with two attached hydrogens (primary N) is 1. The molecule has 0 aliphatic rings. The average molecular weight is 388 g/mol. The molecule has 2 N–H and O–H groups in total. The SMILES string of the molecule is CCCCCCOCCCCC(=NOCCN)c1ccc(C(F)(F)F)cc1. The van der Waals surface area contributed by atoms with E-state index in [4.69, 9.17) is 15.3 Å². The lowest BCUT2D eigenvalue weighted by Crippen LogP contribution is -2.10. The van der Waals surface area contributed by atoms with Crippen molar-refractivity contribution in [2.24, 2.45) is 10.9 Å². The molecule has 0 fully saturated rings. The van der Waals surface area contributed by atoms with Crippen LogP contribution < -0.4 is 5.73 Å². The molecular weight excluding hydrogens is 357 g/mol. The Morgan fingerprint density at radius 2 is 1.63 bits per heavy atom. The van der Waals surface area contributed by atoms with E-state index >= 15 is 0 Å². The lowest BCUT2D eigenvalue weighted by atomic mass is 10.0. The molecule has 0 saturated carbocycles. The molecule has 0 spiro atoms. The van der Waals surface area contributed by atoms with Gasteiger partial charge in [0.2, 0.25) is 0 Å². The highest BCUT2D eigenvalue weighted by atomic mass is 19.4. The van der Waals surface area contributed by atoms with Crippen molar-refractivity contribution in [3.8, 4) is 0 Å². The fourth-order valence-corrected chi connectivity index (χ4v) is 2.50. The van der Waals surface area contributed by atoms with Gasteiger partial charge in [-0.3, -0.25) is 0 Å². The molecular formula is C20H31F3N2O2. The van der Waals surface area contributed by atoms with Crippen LogP contribution in [0.2, 0.25) is 0 Å². The van der Waals surface area contributed by atoms with Crippen LogP contribution in [0.1, 0.15) is 63.0 Å². The van der Waals surface area contributed by atoms with Crippen LogP contribution in [0.25, 0.3) is 0 Å². The maximum atomic E-state index is 12.7. The number of alkyl halides is 3. The molecule has 1 aromatic carbocycles. The van der Waals surface area contributed by atoms with Gasteiger partial charge in [0.15, 0.2) is 0 Å². The smallest absolute Gasteiger partial charge is 0.394 e. The molecule has 1 aromatic rings. The van der Waals surface area contributed by atoms with Crippen LogP contribution in [0.15, 0.2) is 29.4 Å². The zero-order chi connectivity index (χ0) is 20.0. The number of benzene rings is 1. The fraction of sp³-hybridized carbons (Fsp3) is 0.650. The number of nitrogens with zero attached hydrogens (tertiary/aromatic N) is 1. The Bertz CT molecular complexity index is 531. The van der Waals surface area contributed by atoms with Crippen molar-refractivity contribution in [2.45, 2.75) is 58.0 Å². The quantitative estimate of drug-likeness (QED) is 0.272. The van der Waals surface area contributed by atoms with Crippen LogP contribution in [0.3, 0.4) is 0 Å². The Kier molecular flexibility index (Phi) is 11.8. The molecule has 0 heterocycles. The third-order valence-electron chi connectivity index (χ3n) is 4.02. The van der Waals surface area contributed by atoms with Crippen molar-refractivity contribution >= 4 is 5.71 Å². The second kappa shape index (κ2) is 13.6. The average Bonchev–Trinajstić information content (AvgIpc) is 2.65. The topological polar surface area (TPSA) is 56.8 Å². The lowest BCUT2D eigenvalue weighted by Gasteiger charge is -2.10. The van der Waals surface area contributed by atoms with E-state index < -0.39 is 11.7 Å². The predicted molar refractivity (Wildman–Crippen MR) is 102 cm³/mol. The minimum atomic E-state index is -4.35. The zero-order valence-corrected chi connectivity index (χ0v) is 16.1. The zero-order valence-electron chi connectivity index (χ0n) is 16.1. The van der Waals surface area contributed by atoms with E-state index in [1.807, 2.05) is 0 Å². The minimum absolute atomic E-state index is 0.269. The minimum Gasteiger partial charge on any atom is -0.394 e. The number of unbranched alkanes of at least 4 members (excludes halogenated alkanes) is 4. The molecule has 0 bridgehead atoms. The van der Waals surface area contributed by atoms with E-state index in [0.29, 0.717) is 30.8 Å². The number of oxime groups is 1. The van der Waals surface area contributed by atoms with Gasteiger partial charge in [-0.1, -0.05) is 43.5 Å². The number of ether oxygens (including phenoxy) is 1. The van der Waals surface area contributed by atoms with Crippen molar-refractivity contribution in [2.75, 3.05) is 26.4 Å². The molecule has 4 nitrogen and oxygen atoms in total. The van der Waals surface area contributed by atoms with Gasteiger partial charge in [0, 0.05) is 19.8 Å². The molecule has 0 radical (unpaired) electrons. The maximum Gasteiger partial charge on any atom is 0.416 e. The van der Waals surface area contributed by atoms with Gasteiger partial charge in [0.1, 0.15) is 6.61 Å². The monoisotopic (exact) mass is 388 g/mol. The Hall–Kier alpha value is -1.60.